The van der Waals surface area contributed by atoms with Crippen molar-refractivity contribution in [1.82, 2.24) is 34.1 Å². The standard InChI is InChI=1S/C29H29BrN4O4.C28H28BrN3O4/c1-3-18(2)33-15-24(16-33)31-27(35)17-34-14-22(25-12-23(30)6-7-26(25)34)11-28(36)32-9-8-19-4-5-20(29(37)38)10-21(19)13-32;1-2-27(34)32-14-19(15-32)12-22(33)16-31-17-24(23-13-21(29)8-9-25(23)31)28(35)30-10-11-36-26(18-30)20-6-4-3-5-7-20/h3-7,10,12,14,24H,1-2,8-9,11,13,15-17H2,(H,31,35)(H,37,38);2-9,13,17,19,26H,1,10-12,14-16,18H2. The molecule has 0 aliphatic carbocycles. The van der Waals surface area contributed by atoms with Gasteiger partial charge in [0.25, 0.3) is 5.91 Å². The van der Waals surface area contributed by atoms with E-state index in [1.54, 1.807) is 34.2 Å². The molecule has 1 unspecified atom stereocenters. The highest BCUT2D eigenvalue weighted by Gasteiger charge is 2.33. The van der Waals surface area contributed by atoms with Gasteiger partial charge in [0.15, 0.2) is 5.78 Å². The van der Waals surface area contributed by atoms with E-state index in [9.17, 15) is 33.9 Å². The third kappa shape index (κ3) is 11.6. The second-order valence-electron chi connectivity index (χ2n) is 19.2. The van der Waals surface area contributed by atoms with Crippen LogP contribution in [-0.2, 0) is 56.4 Å². The minimum Gasteiger partial charge on any atom is -0.478 e. The number of carboxylic acid groups (broad SMARTS) is 1. The molecule has 2 N–H and O–H groups in total. The normalized spacial score (nSPS) is 16.6. The van der Waals surface area contributed by atoms with Crippen LogP contribution in [0.25, 0.3) is 21.8 Å². The van der Waals surface area contributed by atoms with E-state index in [0.717, 1.165) is 58.7 Å². The number of aromatic nitrogens is 2. The van der Waals surface area contributed by atoms with E-state index < -0.39 is 5.97 Å². The van der Waals surface area contributed by atoms with Crippen molar-refractivity contribution in [2.24, 2.45) is 5.92 Å². The molecule has 4 aromatic carbocycles. The highest BCUT2D eigenvalue weighted by Crippen LogP contribution is 2.31. The number of Topliss-reactive ketones (excluding diaryl/α,β-unsaturated/α-hetero) is 1. The Morgan fingerprint density at radius 1 is 0.730 bits per heavy atom. The number of amides is 4. The van der Waals surface area contributed by atoms with Gasteiger partial charge in [-0.2, -0.15) is 0 Å². The molecule has 3 fully saturated rings. The summed E-state index contributed by atoms with van der Waals surface area (Å²) in [6, 6.07) is 26.8. The van der Waals surface area contributed by atoms with Crippen molar-refractivity contribution in [1.29, 1.82) is 0 Å². The summed E-state index contributed by atoms with van der Waals surface area (Å²) >= 11 is 7.05. The summed E-state index contributed by atoms with van der Waals surface area (Å²) in [5.41, 5.74) is 7.24. The van der Waals surface area contributed by atoms with Crippen LogP contribution in [0.3, 0.4) is 0 Å². The maximum absolute atomic E-state index is 13.7. The number of benzene rings is 4. The number of carboxylic acids is 1. The lowest BCUT2D eigenvalue weighted by Gasteiger charge is -2.41. The van der Waals surface area contributed by atoms with Gasteiger partial charge in [0.2, 0.25) is 17.7 Å². The van der Waals surface area contributed by atoms with Gasteiger partial charge in [0.1, 0.15) is 12.6 Å². The topological polar surface area (TPSA) is 167 Å². The lowest BCUT2D eigenvalue weighted by Crippen LogP contribution is -2.58. The van der Waals surface area contributed by atoms with Crippen LogP contribution in [0.4, 0.5) is 0 Å². The number of morpholine rings is 1. The minimum absolute atomic E-state index is 0.0307. The predicted octanol–water partition coefficient (Wildman–Crippen LogP) is 7.95. The molecule has 4 aliphatic heterocycles. The van der Waals surface area contributed by atoms with E-state index in [1.165, 1.54) is 6.08 Å². The van der Waals surface area contributed by atoms with Crippen molar-refractivity contribution >= 4 is 89.0 Å². The molecule has 1 atom stereocenters. The second kappa shape index (κ2) is 22.6. The summed E-state index contributed by atoms with van der Waals surface area (Å²) in [5.74, 6) is -1.000. The lowest BCUT2D eigenvalue weighted by molar-refractivity contribution is -0.134. The molecule has 382 valence electrons. The molecular weight excluding hydrogens is 1070 g/mol. The van der Waals surface area contributed by atoms with Crippen LogP contribution in [0.15, 0.2) is 144 Å². The number of halogens is 2. The van der Waals surface area contributed by atoms with Crippen LogP contribution in [0.2, 0.25) is 0 Å². The fourth-order valence-electron chi connectivity index (χ4n) is 10.2. The smallest absolute Gasteiger partial charge is 0.335 e. The van der Waals surface area contributed by atoms with Crippen molar-refractivity contribution in [2.45, 2.75) is 51.0 Å². The molecule has 4 aliphatic rings. The van der Waals surface area contributed by atoms with Crippen molar-refractivity contribution in [2.75, 3.05) is 52.4 Å². The molecule has 3 saturated heterocycles. The molecule has 10 rings (SSSR count). The van der Waals surface area contributed by atoms with Crippen LogP contribution < -0.4 is 5.32 Å². The Balaban J connectivity index is 0.000000182. The van der Waals surface area contributed by atoms with Gasteiger partial charge in [-0.05, 0) is 89.4 Å². The van der Waals surface area contributed by atoms with E-state index in [0.29, 0.717) is 77.4 Å². The fourth-order valence-corrected chi connectivity index (χ4v) is 10.9. The van der Waals surface area contributed by atoms with Gasteiger partial charge in [-0.25, -0.2) is 4.79 Å². The first-order valence-electron chi connectivity index (χ1n) is 24.6. The highest BCUT2D eigenvalue weighted by molar-refractivity contribution is 9.10. The van der Waals surface area contributed by atoms with Crippen LogP contribution in [0.1, 0.15) is 55.5 Å². The summed E-state index contributed by atoms with van der Waals surface area (Å²) in [6.45, 7) is 16.5. The maximum atomic E-state index is 13.7. The van der Waals surface area contributed by atoms with Gasteiger partial charge in [-0.1, -0.05) is 88.0 Å². The molecule has 0 spiro atoms. The van der Waals surface area contributed by atoms with E-state index in [4.69, 9.17) is 4.74 Å². The maximum Gasteiger partial charge on any atom is 0.335 e. The SMILES string of the molecule is C=CC(=C)N1CC(NC(=O)Cn2cc(CC(=O)N3CCc4ccc(C(=O)O)cc4C3)c3cc(Br)ccc32)C1.C=CC(=O)N1CC(CC(=O)Cn2cc(C(=O)N3CCOC(c4ccccc4)C3)c3cc(Br)ccc32)C1. The molecule has 2 aromatic heterocycles. The number of carbonyl (C=O) groups is 6. The molecule has 4 amide bonds. The van der Waals surface area contributed by atoms with Crippen molar-refractivity contribution in [3.8, 4) is 0 Å². The first kappa shape index (κ1) is 51.8. The molecule has 0 radical (unpaired) electrons. The van der Waals surface area contributed by atoms with Crippen molar-refractivity contribution in [3.63, 3.8) is 0 Å². The van der Waals surface area contributed by atoms with Crippen LogP contribution >= 0.6 is 31.9 Å². The number of aromatic carboxylic acids is 1. The number of rotatable bonds is 15. The van der Waals surface area contributed by atoms with E-state index in [2.05, 4.69) is 61.8 Å². The largest absolute Gasteiger partial charge is 0.478 e. The number of nitrogens with one attached hydrogen (secondary N) is 1. The zero-order valence-electron chi connectivity index (χ0n) is 40.9. The Kier molecular flexibility index (Phi) is 15.8. The number of ether oxygens (including phenoxy) is 1. The minimum atomic E-state index is -0.976. The average molecular weight is 1130 g/mol. The second-order valence-corrected chi connectivity index (χ2v) is 21.1. The number of hydrogen-bond acceptors (Lipinski definition) is 8. The number of nitrogens with zero attached hydrogens (tertiary/aromatic N) is 6. The van der Waals surface area contributed by atoms with Crippen LogP contribution in [0, 0.1) is 5.92 Å². The first-order valence-corrected chi connectivity index (χ1v) is 26.2. The number of likely N-dealkylation sites (tertiary alicyclic amines) is 2. The summed E-state index contributed by atoms with van der Waals surface area (Å²) in [5, 5.41) is 14.1. The molecule has 17 heteroatoms. The first-order chi connectivity index (χ1) is 35.6. The summed E-state index contributed by atoms with van der Waals surface area (Å²) in [6.07, 6.45) is 7.82. The highest BCUT2D eigenvalue weighted by atomic mass is 79.9. The molecule has 0 bridgehead atoms. The summed E-state index contributed by atoms with van der Waals surface area (Å²) in [7, 11) is 0. The van der Waals surface area contributed by atoms with Crippen LogP contribution in [-0.4, -0.2) is 128 Å². The van der Waals surface area contributed by atoms with E-state index in [1.807, 2.05) is 93.0 Å². The third-order valence-corrected chi connectivity index (χ3v) is 15.2. The monoisotopic (exact) mass is 1130 g/mol. The molecule has 15 nitrogen and oxygen atoms in total. The van der Waals surface area contributed by atoms with E-state index in [-0.39, 0.29) is 72.5 Å². The number of fused-ring (bicyclic) bond motifs is 3. The van der Waals surface area contributed by atoms with Gasteiger partial charge in [-0.15, -0.1) is 0 Å². The van der Waals surface area contributed by atoms with Crippen molar-refractivity contribution in [3.05, 3.63) is 177 Å². The van der Waals surface area contributed by atoms with Gasteiger partial charge >= 0.3 is 5.97 Å². The summed E-state index contributed by atoms with van der Waals surface area (Å²) < 4.78 is 11.5. The molecule has 74 heavy (non-hydrogen) atoms. The van der Waals surface area contributed by atoms with Gasteiger partial charge in [0.05, 0.1) is 43.3 Å². The fraction of sp³-hybridized carbons (Fsp3) is 0.298. The van der Waals surface area contributed by atoms with Crippen LogP contribution in [0.5, 0.6) is 0 Å². The zero-order valence-corrected chi connectivity index (χ0v) is 44.1. The van der Waals surface area contributed by atoms with Crippen molar-refractivity contribution < 1.29 is 38.6 Å². The van der Waals surface area contributed by atoms with E-state index >= 15 is 0 Å². The Labute approximate surface area is 446 Å². The number of allylic oxidation sites excluding steroid dienone is 1. The zero-order chi connectivity index (χ0) is 52.2. The number of hydrogen-bond donors (Lipinski definition) is 2. The Morgan fingerprint density at radius 2 is 1.43 bits per heavy atom. The Bertz CT molecular complexity index is 3210. The Morgan fingerprint density at radius 3 is 2.14 bits per heavy atom. The molecular formula is C57H57Br2N7O8. The number of ketones is 1. The molecule has 6 aromatic rings. The average Bonchev–Trinajstić information content (AvgIpc) is 3.90. The Hall–Kier alpha value is -7.08. The van der Waals surface area contributed by atoms with Gasteiger partial charge in [0, 0.05) is 107 Å². The lowest BCUT2D eigenvalue weighted by atomic mass is 9.94. The summed E-state index contributed by atoms with van der Waals surface area (Å²) in [4.78, 5) is 83.1. The third-order valence-electron chi connectivity index (χ3n) is 14.2. The predicted molar refractivity (Wildman–Crippen MR) is 289 cm³/mol. The molecule has 6 heterocycles. The van der Waals surface area contributed by atoms with Gasteiger partial charge < -0.3 is 43.9 Å². The molecule has 0 saturated carbocycles. The number of carbonyl (C=O) groups excluding carboxylic acids is 5. The van der Waals surface area contributed by atoms with Gasteiger partial charge in [-0.3, -0.25) is 24.0 Å². The quantitative estimate of drug-likeness (QED) is 0.0767.